The Morgan fingerprint density at radius 1 is 1.11 bits per heavy atom. The number of pyridine rings is 1. The quantitative estimate of drug-likeness (QED) is 0.866. The monoisotopic (exact) mass is 371 g/mol. The molecule has 142 valence electrons. The van der Waals surface area contributed by atoms with Gasteiger partial charge in [-0.15, -0.1) is 0 Å². The molecule has 0 fully saturated rings. The van der Waals surface area contributed by atoms with Crippen LogP contribution in [-0.2, 0) is 7.05 Å². The lowest BCUT2D eigenvalue weighted by molar-refractivity contribution is 0.0771. The number of nitrogens with one attached hydrogen (secondary N) is 1. The number of carbonyl (C=O) groups is 2. The summed E-state index contributed by atoms with van der Waals surface area (Å²) < 4.78 is 11.8. The number of benzene rings is 1. The minimum absolute atomic E-state index is 0.0400. The van der Waals surface area contributed by atoms with E-state index >= 15 is 0 Å². The summed E-state index contributed by atoms with van der Waals surface area (Å²) in [5.74, 6) is 0.363. The van der Waals surface area contributed by atoms with Crippen LogP contribution >= 0.6 is 0 Å². The predicted molar refractivity (Wildman–Crippen MR) is 99.5 cm³/mol. The molecule has 1 aromatic carbocycles. The maximum Gasteiger partial charge on any atom is 0.274 e. The summed E-state index contributed by atoms with van der Waals surface area (Å²) in [4.78, 5) is 39.2. The number of nitrogens with zero attached hydrogens (tertiary/aromatic N) is 2. The van der Waals surface area contributed by atoms with Crippen LogP contribution in [0.25, 0.3) is 0 Å². The molecule has 3 rings (SSSR count). The van der Waals surface area contributed by atoms with Crippen molar-refractivity contribution in [3.8, 4) is 11.5 Å². The smallest absolute Gasteiger partial charge is 0.274 e. The molecular formula is C19H21N3O5. The normalized spacial score (nSPS) is 12.0. The number of hydrogen-bond donors (Lipinski definition) is 1. The summed E-state index contributed by atoms with van der Waals surface area (Å²) >= 11 is 0. The third-order valence-corrected chi connectivity index (χ3v) is 4.36. The van der Waals surface area contributed by atoms with Crippen LogP contribution in [0.5, 0.6) is 11.5 Å². The Labute approximate surface area is 156 Å². The van der Waals surface area contributed by atoms with Crippen molar-refractivity contribution in [1.29, 1.82) is 0 Å². The van der Waals surface area contributed by atoms with Crippen LogP contribution in [-0.4, -0.2) is 41.2 Å². The molecule has 8 heteroatoms. The Kier molecular flexibility index (Phi) is 5.16. The SMILES string of the molecule is CCN(CC)C(=O)c1cc(NC(=O)c2ccc3c(c2)OCO3)c(=O)n(C)c1. The average molecular weight is 371 g/mol. The van der Waals surface area contributed by atoms with E-state index in [0.29, 0.717) is 35.7 Å². The molecule has 2 heterocycles. The minimum Gasteiger partial charge on any atom is -0.454 e. The maximum atomic E-state index is 12.6. The van der Waals surface area contributed by atoms with Crippen molar-refractivity contribution in [2.45, 2.75) is 13.8 Å². The van der Waals surface area contributed by atoms with E-state index in [9.17, 15) is 14.4 Å². The van der Waals surface area contributed by atoms with Gasteiger partial charge in [0.2, 0.25) is 6.79 Å². The van der Waals surface area contributed by atoms with Gasteiger partial charge in [0.1, 0.15) is 5.69 Å². The molecule has 1 aromatic heterocycles. The van der Waals surface area contributed by atoms with Gasteiger partial charge in [0, 0.05) is 31.9 Å². The second kappa shape index (κ2) is 7.53. The van der Waals surface area contributed by atoms with Gasteiger partial charge in [-0.05, 0) is 38.1 Å². The molecule has 0 aliphatic carbocycles. The van der Waals surface area contributed by atoms with Crippen LogP contribution in [0.2, 0.25) is 0 Å². The average Bonchev–Trinajstić information content (AvgIpc) is 3.13. The highest BCUT2D eigenvalue weighted by atomic mass is 16.7. The Hall–Kier alpha value is -3.29. The van der Waals surface area contributed by atoms with E-state index in [4.69, 9.17) is 9.47 Å². The van der Waals surface area contributed by atoms with E-state index in [1.165, 1.54) is 23.9 Å². The fourth-order valence-corrected chi connectivity index (χ4v) is 2.84. The number of hydrogen-bond acceptors (Lipinski definition) is 5. The number of ether oxygens (including phenoxy) is 2. The first-order chi connectivity index (χ1) is 12.9. The van der Waals surface area contributed by atoms with Crippen LogP contribution in [0.1, 0.15) is 34.6 Å². The van der Waals surface area contributed by atoms with E-state index in [-0.39, 0.29) is 18.4 Å². The van der Waals surface area contributed by atoms with Crippen LogP contribution in [0.3, 0.4) is 0 Å². The molecule has 0 spiro atoms. The minimum atomic E-state index is -0.474. The molecule has 0 saturated heterocycles. The standard InChI is InChI=1S/C19H21N3O5/c1-4-22(5-2)18(24)13-8-14(19(25)21(3)10-13)20-17(23)12-6-7-15-16(9-12)27-11-26-15/h6-10H,4-5,11H2,1-3H3,(H,20,23). The van der Waals surface area contributed by atoms with E-state index in [2.05, 4.69) is 5.32 Å². The summed E-state index contributed by atoms with van der Waals surface area (Å²) in [6.45, 7) is 4.97. The molecule has 0 saturated carbocycles. The van der Waals surface area contributed by atoms with Crippen molar-refractivity contribution in [2.24, 2.45) is 7.05 Å². The van der Waals surface area contributed by atoms with Crippen molar-refractivity contribution >= 4 is 17.5 Å². The molecule has 0 radical (unpaired) electrons. The van der Waals surface area contributed by atoms with Gasteiger partial charge < -0.3 is 24.3 Å². The lowest BCUT2D eigenvalue weighted by Gasteiger charge is -2.19. The largest absolute Gasteiger partial charge is 0.454 e. The molecule has 27 heavy (non-hydrogen) atoms. The Morgan fingerprint density at radius 3 is 2.52 bits per heavy atom. The van der Waals surface area contributed by atoms with Crippen molar-refractivity contribution in [2.75, 3.05) is 25.2 Å². The molecule has 0 atom stereocenters. The Bertz CT molecular complexity index is 947. The lowest BCUT2D eigenvalue weighted by Crippen LogP contribution is -2.32. The number of aromatic nitrogens is 1. The zero-order valence-corrected chi connectivity index (χ0v) is 15.4. The molecule has 2 aromatic rings. The molecule has 8 nitrogen and oxygen atoms in total. The third-order valence-electron chi connectivity index (χ3n) is 4.36. The van der Waals surface area contributed by atoms with Crippen LogP contribution < -0.4 is 20.3 Å². The van der Waals surface area contributed by atoms with Crippen LogP contribution in [0, 0.1) is 0 Å². The summed E-state index contributed by atoms with van der Waals surface area (Å²) in [6.07, 6.45) is 1.47. The van der Waals surface area contributed by atoms with E-state index in [1.807, 2.05) is 13.8 Å². The highest BCUT2D eigenvalue weighted by molar-refractivity contribution is 6.05. The third kappa shape index (κ3) is 3.64. The number of amides is 2. The fraction of sp³-hybridized carbons (Fsp3) is 0.316. The van der Waals surface area contributed by atoms with Crippen molar-refractivity contribution < 1.29 is 19.1 Å². The molecule has 0 bridgehead atoms. The van der Waals surface area contributed by atoms with Gasteiger partial charge in [0.15, 0.2) is 11.5 Å². The van der Waals surface area contributed by atoms with Crippen molar-refractivity contribution in [1.82, 2.24) is 9.47 Å². The highest BCUT2D eigenvalue weighted by Crippen LogP contribution is 2.32. The molecule has 1 aliphatic rings. The van der Waals surface area contributed by atoms with Gasteiger partial charge in [0.25, 0.3) is 17.4 Å². The second-order valence-corrected chi connectivity index (χ2v) is 6.06. The number of aryl methyl sites for hydroxylation is 1. The van der Waals surface area contributed by atoms with E-state index < -0.39 is 11.5 Å². The molecule has 1 N–H and O–H groups in total. The summed E-state index contributed by atoms with van der Waals surface area (Å²) in [7, 11) is 1.54. The van der Waals surface area contributed by atoms with Crippen molar-refractivity contribution in [3.05, 3.63) is 51.9 Å². The molecule has 2 amide bonds. The zero-order chi connectivity index (χ0) is 19.6. The summed E-state index contributed by atoms with van der Waals surface area (Å²) in [5.41, 5.74) is 0.293. The highest BCUT2D eigenvalue weighted by Gasteiger charge is 2.19. The van der Waals surface area contributed by atoms with E-state index in [1.54, 1.807) is 23.1 Å². The van der Waals surface area contributed by atoms with E-state index in [0.717, 1.165) is 0 Å². The number of fused-ring (bicyclic) bond motifs is 1. The first kappa shape index (κ1) is 18.5. The van der Waals surface area contributed by atoms with Crippen molar-refractivity contribution in [3.63, 3.8) is 0 Å². The number of rotatable bonds is 5. The first-order valence-corrected chi connectivity index (χ1v) is 8.65. The summed E-state index contributed by atoms with van der Waals surface area (Å²) in [6, 6.07) is 6.18. The van der Waals surface area contributed by atoms with Crippen LogP contribution in [0.4, 0.5) is 5.69 Å². The first-order valence-electron chi connectivity index (χ1n) is 8.65. The number of anilines is 1. The molecular weight excluding hydrogens is 350 g/mol. The van der Waals surface area contributed by atoms with Gasteiger partial charge in [0.05, 0.1) is 5.56 Å². The molecule has 1 aliphatic heterocycles. The number of carbonyl (C=O) groups excluding carboxylic acids is 2. The fourth-order valence-electron chi connectivity index (χ4n) is 2.84. The van der Waals surface area contributed by atoms with Gasteiger partial charge in [-0.3, -0.25) is 14.4 Å². The van der Waals surface area contributed by atoms with Gasteiger partial charge in [-0.2, -0.15) is 0 Å². The summed E-state index contributed by atoms with van der Waals surface area (Å²) in [5, 5.41) is 2.59. The zero-order valence-electron chi connectivity index (χ0n) is 15.4. The van der Waals surface area contributed by atoms with Gasteiger partial charge in [-0.1, -0.05) is 0 Å². The second-order valence-electron chi connectivity index (χ2n) is 6.06. The Morgan fingerprint density at radius 2 is 1.81 bits per heavy atom. The predicted octanol–water partition coefficient (Wildman–Crippen LogP) is 1.85. The lowest BCUT2D eigenvalue weighted by atomic mass is 10.1. The molecule has 0 unspecified atom stereocenters. The van der Waals surface area contributed by atoms with Crippen LogP contribution in [0.15, 0.2) is 35.3 Å². The Balaban J connectivity index is 1.89. The topological polar surface area (TPSA) is 89.9 Å². The van der Waals surface area contributed by atoms with Gasteiger partial charge >= 0.3 is 0 Å². The van der Waals surface area contributed by atoms with Gasteiger partial charge in [-0.25, -0.2) is 0 Å². The maximum absolute atomic E-state index is 12.6.